The van der Waals surface area contributed by atoms with Crippen molar-refractivity contribution in [3.63, 3.8) is 0 Å². The van der Waals surface area contributed by atoms with Crippen molar-refractivity contribution in [1.82, 2.24) is 24.2 Å². The predicted octanol–water partition coefficient (Wildman–Crippen LogP) is 3.28. The number of imidazole rings is 1. The van der Waals surface area contributed by atoms with Crippen molar-refractivity contribution in [3.8, 4) is 0 Å². The van der Waals surface area contributed by atoms with Crippen LogP contribution >= 0.6 is 11.3 Å². The van der Waals surface area contributed by atoms with Crippen molar-refractivity contribution < 1.29 is 0 Å². The first-order valence-electron chi connectivity index (χ1n) is 9.45. The molecule has 2 fully saturated rings. The molecule has 0 radical (unpaired) electrons. The van der Waals surface area contributed by atoms with Crippen molar-refractivity contribution >= 4 is 17.0 Å². The van der Waals surface area contributed by atoms with E-state index in [2.05, 4.69) is 56.1 Å². The molecule has 1 spiro atoms. The Hall–Kier alpha value is -1.76. The van der Waals surface area contributed by atoms with Gasteiger partial charge in [0.1, 0.15) is 10.7 Å². The van der Waals surface area contributed by atoms with E-state index in [0.717, 1.165) is 24.8 Å². The van der Waals surface area contributed by atoms with E-state index in [1.165, 1.54) is 43.1 Å². The minimum atomic E-state index is 0.557. The maximum Gasteiger partial charge on any atom is 0.137 e. The normalized spacial score (nSPS) is 22.5. The van der Waals surface area contributed by atoms with Gasteiger partial charge in [0.2, 0.25) is 0 Å². The molecule has 136 valence electrons. The molecule has 1 aliphatic heterocycles. The van der Waals surface area contributed by atoms with Crippen molar-refractivity contribution in [2.75, 3.05) is 20.1 Å². The summed E-state index contributed by atoms with van der Waals surface area (Å²) in [6.45, 7) is 4.34. The second-order valence-corrected chi connectivity index (χ2v) is 8.88. The molecular weight excluding hydrogens is 342 g/mol. The number of hydrogen-bond donors (Lipinski definition) is 0. The fourth-order valence-corrected chi connectivity index (χ4v) is 5.27. The topological polar surface area (TPSA) is 36.7 Å². The van der Waals surface area contributed by atoms with Gasteiger partial charge in [0, 0.05) is 36.6 Å². The van der Waals surface area contributed by atoms with Gasteiger partial charge in [-0.2, -0.15) is 0 Å². The van der Waals surface area contributed by atoms with Crippen LogP contribution in [0.1, 0.15) is 30.0 Å². The molecule has 1 atom stereocenters. The molecule has 1 saturated carbocycles. The van der Waals surface area contributed by atoms with E-state index in [1.807, 2.05) is 12.3 Å². The Morgan fingerprint density at radius 1 is 1.31 bits per heavy atom. The lowest BCUT2D eigenvalue weighted by molar-refractivity contribution is 0.138. The molecule has 6 heteroatoms. The van der Waals surface area contributed by atoms with Gasteiger partial charge in [0.25, 0.3) is 0 Å². The van der Waals surface area contributed by atoms with Crippen LogP contribution in [-0.4, -0.2) is 50.3 Å². The van der Waals surface area contributed by atoms with Crippen LogP contribution in [0.25, 0.3) is 5.65 Å². The van der Waals surface area contributed by atoms with Gasteiger partial charge < -0.3 is 4.40 Å². The number of fused-ring (bicyclic) bond motifs is 1. The van der Waals surface area contributed by atoms with Crippen LogP contribution in [0.2, 0.25) is 0 Å². The molecule has 1 saturated heterocycles. The molecule has 0 unspecified atom stereocenters. The van der Waals surface area contributed by atoms with Crippen LogP contribution in [0.4, 0.5) is 0 Å². The Balaban J connectivity index is 1.16. The number of likely N-dealkylation sites (tertiary alicyclic amines) is 1. The number of piperidine rings is 1. The predicted molar refractivity (Wildman–Crippen MR) is 104 cm³/mol. The van der Waals surface area contributed by atoms with Crippen LogP contribution < -0.4 is 0 Å². The summed E-state index contributed by atoms with van der Waals surface area (Å²) in [4.78, 5) is 14.3. The fraction of sp³-hybridized carbons (Fsp3) is 0.500. The minimum Gasteiger partial charge on any atom is -0.307 e. The van der Waals surface area contributed by atoms with Gasteiger partial charge >= 0.3 is 0 Å². The van der Waals surface area contributed by atoms with Crippen LogP contribution in [0.3, 0.4) is 0 Å². The highest BCUT2D eigenvalue weighted by molar-refractivity contribution is 7.09. The summed E-state index contributed by atoms with van der Waals surface area (Å²) in [5.41, 5.74) is 2.78. The lowest BCUT2D eigenvalue weighted by Crippen LogP contribution is -2.37. The monoisotopic (exact) mass is 367 g/mol. The summed E-state index contributed by atoms with van der Waals surface area (Å²) in [7, 11) is 2.27. The highest BCUT2D eigenvalue weighted by atomic mass is 32.1. The minimum absolute atomic E-state index is 0.557. The SMILES string of the molecule is CN(Cc1nccs1)[C@@H]1CC12CCN(Cc1cn3ccccc3n1)CC2. The summed E-state index contributed by atoms with van der Waals surface area (Å²) in [6, 6.07) is 6.91. The number of rotatable bonds is 5. The van der Waals surface area contributed by atoms with Gasteiger partial charge in [0.05, 0.1) is 12.2 Å². The summed E-state index contributed by atoms with van der Waals surface area (Å²) < 4.78 is 2.12. The lowest BCUT2D eigenvalue weighted by Gasteiger charge is -2.33. The van der Waals surface area contributed by atoms with Crippen molar-refractivity contribution in [2.45, 2.75) is 38.4 Å². The molecule has 26 heavy (non-hydrogen) atoms. The number of hydrogen-bond acceptors (Lipinski definition) is 5. The van der Waals surface area contributed by atoms with E-state index in [4.69, 9.17) is 4.98 Å². The first kappa shape index (κ1) is 16.4. The van der Waals surface area contributed by atoms with Gasteiger partial charge in [-0.25, -0.2) is 9.97 Å². The quantitative estimate of drug-likeness (QED) is 0.693. The third kappa shape index (κ3) is 3.06. The van der Waals surface area contributed by atoms with E-state index in [-0.39, 0.29) is 0 Å². The third-order valence-electron chi connectivity index (χ3n) is 6.20. The Morgan fingerprint density at radius 2 is 2.19 bits per heavy atom. The largest absolute Gasteiger partial charge is 0.307 e. The Bertz CT molecular complexity index is 846. The molecule has 5 nitrogen and oxygen atoms in total. The van der Waals surface area contributed by atoms with Crippen LogP contribution in [-0.2, 0) is 13.1 Å². The number of pyridine rings is 1. The zero-order chi connectivity index (χ0) is 17.6. The molecule has 4 heterocycles. The van der Waals surface area contributed by atoms with Gasteiger partial charge in [0.15, 0.2) is 0 Å². The fourth-order valence-electron chi connectivity index (χ4n) is 4.59. The van der Waals surface area contributed by atoms with Gasteiger partial charge in [-0.1, -0.05) is 6.07 Å². The summed E-state index contributed by atoms with van der Waals surface area (Å²) >= 11 is 1.76. The van der Waals surface area contributed by atoms with Crippen molar-refractivity contribution in [3.05, 3.63) is 52.9 Å². The van der Waals surface area contributed by atoms with E-state index >= 15 is 0 Å². The average Bonchev–Trinajstić information content (AvgIpc) is 3.00. The number of aromatic nitrogens is 3. The first-order chi connectivity index (χ1) is 12.7. The summed E-state index contributed by atoms with van der Waals surface area (Å²) in [5, 5.41) is 3.31. The molecular formula is C20H25N5S. The Morgan fingerprint density at radius 3 is 2.96 bits per heavy atom. The van der Waals surface area contributed by atoms with E-state index in [0.29, 0.717) is 5.41 Å². The van der Waals surface area contributed by atoms with E-state index < -0.39 is 0 Å². The highest BCUT2D eigenvalue weighted by Crippen LogP contribution is 2.56. The zero-order valence-electron chi connectivity index (χ0n) is 15.2. The summed E-state index contributed by atoms with van der Waals surface area (Å²) in [5.74, 6) is 0. The molecule has 0 bridgehead atoms. The van der Waals surface area contributed by atoms with Crippen molar-refractivity contribution in [1.29, 1.82) is 0 Å². The molecule has 2 aliphatic rings. The van der Waals surface area contributed by atoms with Crippen LogP contribution in [0.5, 0.6) is 0 Å². The maximum atomic E-state index is 4.75. The van der Waals surface area contributed by atoms with Gasteiger partial charge in [-0.15, -0.1) is 11.3 Å². The number of thiazole rings is 1. The van der Waals surface area contributed by atoms with E-state index in [9.17, 15) is 0 Å². The molecule has 0 N–H and O–H groups in total. The maximum absolute atomic E-state index is 4.75. The standard InChI is InChI=1S/C20H25N5S/c1-23(15-19-21-7-11-26-19)17-12-20(17)5-9-24(10-6-20)13-16-14-25-8-3-2-4-18(25)22-16/h2-4,7-8,11,14,17H,5-6,9-10,12-13,15H2,1H3/t17-/m1/s1. The Kier molecular flexibility index (Phi) is 4.07. The molecule has 5 rings (SSSR count). The second-order valence-electron chi connectivity index (χ2n) is 7.90. The van der Waals surface area contributed by atoms with Crippen LogP contribution in [0, 0.1) is 5.41 Å². The van der Waals surface area contributed by atoms with Gasteiger partial charge in [-0.05, 0) is 56.9 Å². The molecule has 3 aromatic rings. The average molecular weight is 368 g/mol. The second kappa shape index (κ2) is 6.44. The molecule has 1 aliphatic carbocycles. The molecule has 0 amide bonds. The van der Waals surface area contributed by atoms with Crippen LogP contribution in [0.15, 0.2) is 42.2 Å². The van der Waals surface area contributed by atoms with Gasteiger partial charge in [-0.3, -0.25) is 9.80 Å². The zero-order valence-corrected chi connectivity index (χ0v) is 16.0. The highest BCUT2D eigenvalue weighted by Gasteiger charge is 2.56. The van der Waals surface area contributed by atoms with E-state index in [1.54, 1.807) is 11.3 Å². The molecule has 3 aromatic heterocycles. The third-order valence-corrected chi connectivity index (χ3v) is 6.96. The Labute approximate surface area is 158 Å². The lowest BCUT2D eigenvalue weighted by atomic mass is 9.92. The summed E-state index contributed by atoms with van der Waals surface area (Å²) in [6.07, 6.45) is 10.1. The smallest absolute Gasteiger partial charge is 0.137 e. The van der Waals surface area contributed by atoms with Crippen molar-refractivity contribution in [2.24, 2.45) is 5.41 Å². The first-order valence-corrected chi connectivity index (χ1v) is 10.3. The molecule has 0 aromatic carbocycles. The number of nitrogens with zero attached hydrogens (tertiary/aromatic N) is 5.